The van der Waals surface area contributed by atoms with Gasteiger partial charge in [0.2, 0.25) is 0 Å². The van der Waals surface area contributed by atoms with Crippen molar-refractivity contribution in [1.82, 2.24) is 20.2 Å². The molecule has 2 aromatic heterocycles. The first kappa shape index (κ1) is 19.7. The first-order valence-electron chi connectivity index (χ1n) is 10.3. The van der Waals surface area contributed by atoms with E-state index in [-0.39, 0.29) is 29.6 Å². The lowest BCUT2D eigenvalue weighted by Crippen LogP contribution is -2.29. The molecule has 8 nitrogen and oxygen atoms in total. The fourth-order valence-electron chi connectivity index (χ4n) is 3.88. The molecule has 0 fully saturated rings. The van der Waals surface area contributed by atoms with E-state index in [9.17, 15) is 14.4 Å². The molecule has 1 aliphatic heterocycles. The van der Waals surface area contributed by atoms with Crippen LogP contribution in [0.2, 0.25) is 0 Å². The minimum Gasteiger partial charge on any atom is -0.467 e. The number of rotatable bonds is 6. The first-order valence-corrected chi connectivity index (χ1v) is 10.3. The molecule has 8 heteroatoms. The smallest absolute Gasteiger partial charge is 0.261 e. The van der Waals surface area contributed by atoms with Crippen LogP contribution < -0.4 is 5.32 Å². The molecule has 5 rings (SSSR count). The second-order valence-electron chi connectivity index (χ2n) is 7.61. The number of H-pyrrole nitrogens is 1. The Labute approximate surface area is 183 Å². The summed E-state index contributed by atoms with van der Waals surface area (Å²) in [6.45, 7) is 2.00. The van der Waals surface area contributed by atoms with Crippen molar-refractivity contribution in [3.05, 3.63) is 89.1 Å². The van der Waals surface area contributed by atoms with Crippen molar-refractivity contribution in [2.75, 3.05) is 0 Å². The normalized spacial score (nSPS) is 14.1. The Hall–Kier alpha value is -4.20. The average molecular weight is 428 g/mol. The van der Waals surface area contributed by atoms with Crippen LogP contribution >= 0.6 is 0 Å². The summed E-state index contributed by atoms with van der Waals surface area (Å²) in [6, 6.07) is 15.3. The van der Waals surface area contributed by atoms with Crippen molar-refractivity contribution >= 4 is 28.8 Å². The lowest BCUT2D eigenvalue weighted by Gasteiger charge is -2.15. The van der Waals surface area contributed by atoms with E-state index in [0.717, 1.165) is 15.9 Å². The minimum atomic E-state index is -0.444. The summed E-state index contributed by atoms with van der Waals surface area (Å²) >= 11 is 0. The van der Waals surface area contributed by atoms with Gasteiger partial charge in [-0.05, 0) is 48.9 Å². The molecule has 2 N–H and O–H groups in total. The summed E-state index contributed by atoms with van der Waals surface area (Å²) in [5.41, 5.74) is 2.52. The molecule has 0 aliphatic carbocycles. The summed E-state index contributed by atoms with van der Waals surface area (Å²) in [5, 5.41) is 2.97. The Balaban J connectivity index is 1.37. The maximum atomic E-state index is 13.0. The fraction of sp³-hybridized carbons (Fsp3) is 0.167. The molecule has 32 heavy (non-hydrogen) atoms. The van der Waals surface area contributed by atoms with Gasteiger partial charge in [-0.3, -0.25) is 19.3 Å². The van der Waals surface area contributed by atoms with E-state index in [1.54, 1.807) is 18.2 Å². The largest absolute Gasteiger partial charge is 0.467 e. The van der Waals surface area contributed by atoms with Crippen LogP contribution in [-0.4, -0.2) is 32.6 Å². The third-order valence-corrected chi connectivity index (χ3v) is 5.58. The number of imide groups is 1. The number of aromatic amines is 1. The number of hydrogen-bond donors (Lipinski definition) is 2. The van der Waals surface area contributed by atoms with Gasteiger partial charge < -0.3 is 14.7 Å². The highest BCUT2D eigenvalue weighted by molar-refractivity contribution is 6.22. The van der Waals surface area contributed by atoms with E-state index in [1.165, 1.54) is 18.4 Å². The van der Waals surface area contributed by atoms with Crippen LogP contribution in [-0.2, 0) is 6.54 Å². The Morgan fingerprint density at radius 3 is 2.66 bits per heavy atom. The standard InChI is InChI=1S/C24H20N4O4/c1-2-18(21-25-19-7-3-4-8-20(19)26-21)27-22(29)14-9-10-16-17(12-14)24(31)28(23(16)30)13-15-6-5-11-32-15/h3-12,18H,2,13H2,1H3,(H,25,26)(H,27,29). The number of nitrogens with one attached hydrogen (secondary N) is 2. The zero-order chi connectivity index (χ0) is 22.2. The number of carbonyl (C=O) groups is 3. The molecule has 3 heterocycles. The topological polar surface area (TPSA) is 108 Å². The van der Waals surface area contributed by atoms with Crippen molar-refractivity contribution in [3.8, 4) is 0 Å². The molecule has 0 bridgehead atoms. The Bertz CT molecular complexity index is 1310. The molecular weight excluding hydrogens is 408 g/mol. The highest BCUT2D eigenvalue weighted by atomic mass is 16.3. The van der Waals surface area contributed by atoms with Gasteiger partial charge in [-0.1, -0.05) is 19.1 Å². The van der Waals surface area contributed by atoms with Crippen LogP contribution in [0.1, 0.15) is 62.0 Å². The second kappa shape index (κ2) is 7.81. The van der Waals surface area contributed by atoms with Crippen LogP contribution in [0.15, 0.2) is 65.3 Å². The third kappa shape index (κ3) is 3.35. The van der Waals surface area contributed by atoms with E-state index in [1.807, 2.05) is 31.2 Å². The van der Waals surface area contributed by atoms with Gasteiger partial charge in [0.1, 0.15) is 11.6 Å². The van der Waals surface area contributed by atoms with Gasteiger partial charge >= 0.3 is 0 Å². The molecule has 0 spiro atoms. The van der Waals surface area contributed by atoms with Crippen molar-refractivity contribution in [2.45, 2.75) is 25.9 Å². The van der Waals surface area contributed by atoms with E-state index < -0.39 is 11.8 Å². The summed E-state index contributed by atoms with van der Waals surface area (Å²) in [5.74, 6) is -0.0135. The monoisotopic (exact) mass is 428 g/mol. The van der Waals surface area contributed by atoms with Gasteiger partial charge in [0.05, 0.1) is 41.0 Å². The molecule has 0 saturated carbocycles. The van der Waals surface area contributed by atoms with Crippen LogP contribution in [0.4, 0.5) is 0 Å². The molecule has 4 aromatic rings. The van der Waals surface area contributed by atoms with Crippen LogP contribution in [0, 0.1) is 0 Å². The number of nitrogens with zero attached hydrogens (tertiary/aromatic N) is 2. The molecule has 0 saturated heterocycles. The molecule has 1 atom stereocenters. The number of para-hydroxylation sites is 2. The molecule has 160 valence electrons. The number of aromatic nitrogens is 2. The third-order valence-electron chi connectivity index (χ3n) is 5.58. The summed E-state index contributed by atoms with van der Waals surface area (Å²) in [4.78, 5) is 47.4. The Morgan fingerprint density at radius 1 is 1.09 bits per heavy atom. The lowest BCUT2D eigenvalue weighted by molar-refractivity contribution is 0.0631. The highest BCUT2D eigenvalue weighted by Crippen LogP contribution is 2.26. The molecule has 0 radical (unpaired) electrons. The summed E-state index contributed by atoms with van der Waals surface area (Å²) in [7, 11) is 0. The van der Waals surface area contributed by atoms with Crippen LogP contribution in [0.3, 0.4) is 0 Å². The lowest BCUT2D eigenvalue weighted by atomic mass is 10.0. The predicted molar refractivity (Wildman–Crippen MR) is 116 cm³/mol. The number of amides is 3. The molecule has 1 unspecified atom stereocenters. The van der Waals surface area contributed by atoms with E-state index in [2.05, 4.69) is 15.3 Å². The Kier molecular flexibility index (Phi) is 4.82. The highest BCUT2D eigenvalue weighted by Gasteiger charge is 2.36. The van der Waals surface area contributed by atoms with Crippen molar-refractivity contribution in [1.29, 1.82) is 0 Å². The van der Waals surface area contributed by atoms with Gasteiger partial charge in [-0.25, -0.2) is 4.98 Å². The van der Waals surface area contributed by atoms with E-state index in [4.69, 9.17) is 4.42 Å². The van der Waals surface area contributed by atoms with E-state index >= 15 is 0 Å². The van der Waals surface area contributed by atoms with Crippen LogP contribution in [0.5, 0.6) is 0 Å². The molecular formula is C24H20N4O4. The minimum absolute atomic E-state index is 0.0465. The molecule has 3 amide bonds. The maximum Gasteiger partial charge on any atom is 0.261 e. The number of furan rings is 1. The average Bonchev–Trinajstić information content (AvgIpc) is 3.53. The van der Waals surface area contributed by atoms with Gasteiger partial charge in [0.25, 0.3) is 17.7 Å². The SMILES string of the molecule is CCC(NC(=O)c1ccc2c(c1)C(=O)N(Cc1ccco1)C2=O)c1nc2ccccc2[nH]1. The number of carbonyl (C=O) groups excluding carboxylic acids is 3. The van der Waals surface area contributed by atoms with Crippen molar-refractivity contribution < 1.29 is 18.8 Å². The summed E-state index contributed by atoms with van der Waals surface area (Å²) < 4.78 is 5.25. The maximum absolute atomic E-state index is 13.0. The number of fused-ring (bicyclic) bond motifs is 2. The summed E-state index contributed by atoms with van der Waals surface area (Å²) in [6.07, 6.45) is 2.12. The zero-order valence-electron chi connectivity index (χ0n) is 17.3. The quantitative estimate of drug-likeness (QED) is 0.454. The number of imidazole rings is 1. The van der Waals surface area contributed by atoms with Gasteiger partial charge in [0.15, 0.2) is 0 Å². The first-order chi connectivity index (χ1) is 15.5. The van der Waals surface area contributed by atoms with Gasteiger partial charge in [-0.15, -0.1) is 0 Å². The fourth-order valence-corrected chi connectivity index (χ4v) is 3.88. The van der Waals surface area contributed by atoms with Gasteiger partial charge in [0, 0.05) is 5.56 Å². The predicted octanol–water partition coefficient (Wildman–Crippen LogP) is 3.83. The van der Waals surface area contributed by atoms with Crippen LogP contribution in [0.25, 0.3) is 11.0 Å². The number of benzene rings is 2. The van der Waals surface area contributed by atoms with Crippen molar-refractivity contribution in [3.63, 3.8) is 0 Å². The zero-order valence-corrected chi connectivity index (χ0v) is 17.3. The number of hydrogen-bond acceptors (Lipinski definition) is 5. The molecule has 1 aliphatic rings. The van der Waals surface area contributed by atoms with E-state index in [0.29, 0.717) is 23.6 Å². The molecule has 2 aromatic carbocycles. The van der Waals surface area contributed by atoms with Gasteiger partial charge in [-0.2, -0.15) is 0 Å². The van der Waals surface area contributed by atoms with Crippen molar-refractivity contribution in [2.24, 2.45) is 0 Å². The second-order valence-corrected chi connectivity index (χ2v) is 7.61. The Morgan fingerprint density at radius 2 is 1.91 bits per heavy atom.